The van der Waals surface area contributed by atoms with Crippen molar-refractivity contribution in [2.24, 2.45) is 0 Å². The Hall–Kier alpha value is -2.38. The van der Waals surface area contributed by atoms with Crippen LogP contribution >= 0.6 is 0 Å². The molecule has 1 N–H and O–H groups in total. The lowest BCUT2D eigenvalue weighted by Gasteiger charge is -2.27. The fourth-order valence-corrected chi connectivity index (χ4v) is 3.11. The van der Waals surface area contributed by atoms with E-state index in [0.29, 0.717) is 23.5 Å². The quantitative estimate of drug-likeness (QED) is 0.884. The predicted molar refractivity (Wildman–Crippen MR) is 92.2 cm³/mol. The number of amides is 1. The normalized spacial score (nSPS) is 18.4. The maximum absolute atomic E-state index is 12.4. The van der Waals surface area contributed by atoms with E-state index in [9.17, 15) is 9.59 Å². The van der Waals surface area contributed by atoms with Gasteiger partial charge in [0.15, 0.2) is 5.65 Å². The molecule has 1 unspecified atom stereocenters. The SMILES string of the molecule is CN(C)C(=O)C1CCCN1c1nc2c(cnn2C(C)(C)C)c(=O)[nH]1. The molecule has 1 fully saturated rings. The summed E-state index contributed by atoms with van der Waals surface area (Å²) in [5.41, 5.74) is 0.0293. The summed E-state index contributed by atoms with van der Waals surface area (Å²) in [5.74, 6) is 0.468. The van der Waals surface area contributed by atoms with Crippen LogP contribution in [0.2, 0.25) is 0 Å². The molecule has 24 heavy (non-hydrogen) atoms. The van der Waals surface area contributed by atoms with Crippen LogP contribution in [-0.2, 0) is 10.3 Å². The van der Waals surface area contributed by atoms with Crippen LogP contribution in [0.4, 0.5) is 5.95 Å². The van der Waals surface area contributed by atoms with Crippen molar-refractivity contribution in [3.8, 4) is 0 Å². The number of carbonyl (C=O) groups is 1. The zero-order chi connectivity index (χ0) is 17.6. The van der Waals surface area contributed by atoms with Gasteiger partial charge in [0, 0.05) is 20.6 Å². The number of likely N-dealkylation sites (N-methyl/N-ethyl adjacent to an activating group) is 1. The van der Waals surface area contributed by atoms with E-state index in [-0.39, 0.29) is 23.0 Å². The number of carbonyl (C=O) groups excluding carboxylic acids is 1. The second-order valence-electron chi connectivity index (χ2n) is 7.44. The molecule has 0 spiro atoms. The number of nitrogens with zero attached hydrogens (tertiary/aromatic N) is 5. The molecule has 2 aromatic heterocycles. The molecule has 3 rings (SSSR count). The largest absolute Gasteiger partial charge is 0.347 e. The standard InChI is InChI=1S/C16H24N6O2/c1-16(2,3)22-12-10(9-17-22)13(23)19-15(18-12)21-8-6-7-11(21)14(24)20(4)5/h9,11H,6-8H2,1-5H3,(H,18,19,23). The Morgan fingerprint density at radius 2 is 2.08 bits per heavy atom. The van der Waals surface area contributed by atoms with E-state index < -0.39 is 0 Å². The zero-order valence-corrected chi connectivity index (χ0v) is 14.8. The second-order valence-corrected chi connectivity index (χ2v) is 7.44. The first-order chi connectivity index (χ1) is 11.2. The van der Waals surface area contributed by atoms with Gasteiger partial charge in [-0.1, -0.05) is 0 Å². The number of fused-ring (bicyclic) bond motifs is 1. The smallest absolute Gasteiger partial charge is 0.263 e. The number of hydrogen-bond acceptors (Lipinski definition) is 5. The van der Waals surface area contributed by atoms with Gasteiger partial charge in [-0.3, -0.25) is 14.6 Å². The minimum absolute atomic E-state index is 0.0274. The molecule has 1 amide bonds. The molecule has 130 valence electrons. The number of aromatic amines is 1. The average molecular weight is 332 g/mol. The van der Waals surface area contributed by atoms with Crippen molar-refractivity contribution in [1.82, 2.24) is 24.6 Å². The average Bonchev–Trinajstić information content (AvgIpc) is 3.12. The summed E-state index contributed by atoms with van der Waals surface area (Å²) in [7, 11) is 3.49. The monoisotopic (exact) mass is 332 g/mol. The first-order valence-corrected chi connectivity index (χ1v) is 8.16. The lowest BCUT2D eigenvalue weighted by Crippen LogP contribution is -2.44. The molecule has 2 aromatic rings. The zero-order valence-electron chi connectivity index (χ0n) is 14.8. The molecule has 8 heteroatoms. The lowest BCUT2D eigenvalue weighted by molar-refractivity contribution is -0.129. The van der Waals surface area contributed by atoms with Crippen molar-refractivity contribution in [2.45, 2.75) is 45.2 Å². The summed E-state index contributed by atoms with van der Waals surface area (Å²) in [5, 5.41) is 4.78. The number of nitrogens with one attached hydrogen (secondary N) is 1. The molecule has 0 aliphatic carbocycles. The molecule has 1 aliphatic rings. The van der Waals surface area contributed by atoms with E-state index in [1.165, 1.54) is 0 Å². The number of hydrogen-bond donors (Lipinski definition) is 1. The Labute approximate surface area is 140 Å². The van der Waals surface area contributed by atoms with Gasteiger partial charge in [-0.2, -0.15) is 10.1 Å². The molecule has 0 aromatic carbocycles. The van der Waals surface area contributed by atoms with Crippen molar-refractivity contribution in [1.29, 1.82) is 0 Å². The summed E-state index contributed by atoms with van der Waals surface area (Å²) in [6.45, 7) is 6.73. The van der Waals surface area contributed by atoms with E-state index in [0.717, 1.165) is 12.8 Å². The molecule has 3 heterocycles. The van der Waals surface area contributed by atoms with E-state index in [2.05, 4.69) is 15.1 Å². The van der Waals surface area contributed by atoms with Gasteiger partial charge in [-0.25, -0.2) is 4.68 Å². The number of H-pyrrole nitrogens is 1. The van der Waals surface area contributed by atoms with Crippen LogP contribution < -0.4 is 10.5 Å². The fraction of sp³-hybridized carbons (Fsp3) is 0.625. The minimum Gasteiger partial charge on any atom is -0.347 e. The summed E-state index contributed by atoms with van der Waals surface area (Å²) >= 11 is 0. The molecule has 1 aliphatic heterocycles. The van der Waals surface area contributed by atoms with Crippen LogP contribution in [0.1, 0.15) is 33.6 Å². The van der Waals surface area contributed by atoms with E-state index in [1.807, 2.05) is 25.7 Å². The minimum atomic E-state index is -0.288. The van der Waals surface area contributed by atoms with Gasteiger partial charge < -0.3 is 9.80 Å². The Balaban J connectivity index is 2.10. The Morgan fingerprint density at radius 3 is 2.71 bits per heavy atom. The van der Waals surface area contributed by atoms with Gasteiger partial charge in [0.1, 0.15) is 11.4 Å². The maximum atomic E-state index is 12.4. The molecule has 0 radical (unpaired) electrons. The third-order valence-corrected chi connectivity index (χ3v) is 4.31. The van der Waals surface area contributed by atoms with Crippen molar-refractivity contribution in [2.75, 3.05) is 25.5 Å². The summed E-state index contributed by atoms with van der Waals surface area (Å²) < 4.78 is 1.75. The van der Waals surface area contributed by atoms with Gasteiger partial charge in [-0.15, -0.1) is 0 Å². The van der Waals surface area contributed by atoms with E-state index in [4.69, 9.17) is 0 Å². The summed E-state index contributed by atoms with van der Waals surface area (Å²) in [6, 6.07) is -0.286. The topological polar surface area (TPSA) is 87.1 Å². The molecular weight excluding hydrogens is 308 g/mol. The lowest BCUT2D eigenvalue weighted by atomic mass is 10.1. The van der Waals surface area contributed by atoms with Crippen molar-refractivity contribution < 1.29 is 4.79 Å². The van der Waals surface area contributed by atoms with Crippen LogP contribution in [-0.4, -0.2) is 57.2 Å². The van der Waals surface area contributed by atoms with E-state index >= 15 is 0 Å². The van der Waals surface area contributed by atoms with Crippen LogP contribution in [0.15, 0.2) is 11.0 Å². The molecule has 1 atom stereocenters. The number of aromatic nitrogens is 4. The van der Waals surface area contributed by atoms with E-state index in [1.54, 1.807) is 29.9 Å². The van der Waals surface area contributed by atoms with Gasteiger partial charge in [-0.05, 0) is 33.6 Å². The van der Waals surface area contributed by atoms with Crippen LogP contribution in [0, 0.1) is 0 Å². The molecule has 1 saturated heterocycles. The highest BCUT2D eigenvalue weighted by molar-refractivity contribution is 5.85. The van der Waals surface area contributed by atoms with Gasteiger partial charge >= 0.3 is 0 Å². The van der Waals surface area contributed by atoms with Gasteiger partial charge in [0.05, 0.1) is 11.7 Å². The highest BCUT2D eigenvalue weighted by Crippen LogP contribution is 2.25. The summed E-state index contributed by atoms with van der Waals surface area (Å²) in [6.07, 6.45) is 3.20. The van der Waals surface area contributed by atoms with Gasteiger partial charge in [0.2, 0.25) is 11.9 Å². The molecule has 8 nitrogen and oxygen atoms in total. The number of rotatable bonds is 2. The predicted octanol–water partition coefficient (Wildman–Crippen LogP) is 0.932. The Bertz CT molecular complexity index is 829. The highest BCUT2D eigenvalue weighted by atomic mass is 16.2. The first-order valence-electron chi connectivity index (χ1n) is 8.16. The van der Waals surface area contributed by atoms with Crippen LogP contribution in [0.3, 0.4) is 0 Å². The second kappa shape index (κ2) is 5.61. The van der Waals surface area contributed by atoms with Gasteiger partial charge in [0.25, 0.3) is 5.56 Å². The third kappa shape index (κ3) is 2.65. The van der Waals surface area contributed by atoms with Crippen molar-refractivity contribution in [3.05, 3.63) is 16.6 Å². The van der Waals surface area contributed by atoms with Crippen molar-refractivity contribution >= 4 is 22.9 Å². The summed E-state index contributed by atoms with van der Waals surface area (Å²) in [4.78, 5) is 35.8. The number of anilines is 1. The Kier molecular flexibility index (Phi) is 3.85. The Morgan fingerprint density at radius 1 is 1.38 bits per heavy atom. The van der Waals surface area contributed by atoms with Crippen molar-refractivity contribution in [3.63, 3.8) is 0 Å². The molecule has 0 bridgehead atoms. The highest BCUT2D eigenvalue weighted by Gasteiger charge is 2.34. The fourth-order valence-electron chi connectivity index (χ4n) is 3.11. The van der Waals surface area contributed by atoms with Crippen LogP contribution in [0.5, 0.6) is 0 Å². The first kappa shape index (κ1) is 16.5. The third-order valence-electron chi connectivity index (χ3n) is 4.31. The molecule has 0 saturated carbocycles. The maximum Gasteiger partial charge on any atom is 0.263 e. The molecular formula is C16H24N6O2. The van der Waals surface area contributed by atoms with Crippen LogP contribution in [0.25, 0.3) is 11.0 Å².